The number of hydrogen-bond donors (Lipinski definition) is 5. The Kier molecular flexibility index (Phi) is 6.75. The van der Waals surface area contributed by atoms with E-state index in [1.807, 2.05) is 0 Å². The Morgan fingerprint density at radius 2 is 1.66 bits per heavy atom. The number of carbonyl (C=O) groups excluding carboxylic acids is 3. The van der Waals surface area contributed by atoms with Crippen molar-refractivity contribution >= 4 is 28.6 Å². The van der Waals surface area contributed by atoms with Crippen LogP contribution in [-0.2, 0) is 0 Å². The third kappa shape index (κ3) is 4.66. The molecule has 2 aromatic carbocycles. The first-order chi connectivity index (χ1) is 18.4. The molecular weight excluding hydrogens is 493 g/mol. The number of nitrogens with one attached hydrogen (secondary N) is 4. The van der Waals surface area contributed by atoms with Crippen LogP contribution in [0, 0.1) is 5.82 Å². The molecule has 1 saturated heterocycles. The summed E-state index contributed by atoms with van der Waals surface area (Å²) >= 11 is 0. The zero-order chi connectivity index (χ0) is 26.8. The number of phenols is 1. The molecule has 3 heterocycles. The highest BCUT2D eigenvalue weighted by Gasteiger charge is 2.31. The quantitative estimate of drug-likeness (QED) is 0.236. The van der Waals surface area contributed by atoms with Crippen molar-refractivity contribution in [1.82, 2.24) is 25.9 Å². The van der Waals surface area contributed by atoms with Gasteiger partial charge >= 0.3 is 0 Å². The molecule has 0 aliphatic carbocycles. The highest BCUT2D eigenvalue weighted by molar-refractivity contribution is 6.11. The van der Waals surface area contributed by atoms with E-state index < -0.39 is 28.8 Å². The number of ketones is 1. The molecule has 2 amide bonds. The maximum absolute atomic E-state index is 14.6. The number of nitrogens with zero attached hydrogens (tertiary/aromatic N) is 1. The first-order valence-electron chi connectivity index (χ1n) is 11.8. The van der Waals surface area contributed by atoms with Crippen LogP contribution in [0.3, 0.4) is 0 Å². The van der Waals surface area contributed by atoms with Crippen LogP contribution in [0.5, 0.6) is 11.5 Å². The number of methoxy groups -OCH3 is 1. The standard InChI is InChI=1S/C27H24FN5O5/c1-38-21-7-6-20(34)22(23(21)28)24(35)14-2-4-15(5-3-14)26(36)32-18-12-29-13-19(18)33-27(37)17-9-11-31-25-16(17)8-10-30-25/h2-11,18-19,29,34H,12-13H2,1H3,(H,30,31)(H,32,36)(H,33,37)/t18?,19-/m1/s1. The Bertz CT molecular complexity index is 1530. The number of rotatable bonds is 7. The fraction of sp³-hybridized carbons (Fsp3) is 0.185. The lowest BCUT2D eigenvalue weighted by Gasteiger charge is -2.21. The van der Waals surface area contributed by atoms with E-state index in [2.05, 4.69) is 25.9 Å². The molecule has 1 fully saturated rings. The second-order valence-corrected chi connectivity index (χ2v) is 8.80. The lowest BCUT2D eigenvalue weighted by molar-refractivity contribution is 0.0897. The van der Waals surface area contributed by atoms with E-state index >= 15 is 0 Å². The van der Waals surface area contributed by atoms with Gasteiger partial charge in [-0.15, -0.1) is 0 Å². The van der Waals surface area contributed by atoms with E-state index in [1.54, 1.807) is 24.5 Å². The molecule has 5 N–H and O–H groups in total. The van der Waals surface area contributed by atoms with Crippen molar-refractivity contribution in [3.05, 3.63) is 89.0 Å². The van der Waals surface area contributed by atoms with E-state index in [9.17, 15) is 23.9 Å². The average Bonchev–Trinajstić information content (AvgIpc) is 3.58. The number of fused-ring (bicyclic) bond motifs is 1. The molecule has 0 bridgehead atoms. The smallest absolute Gasteiger partial charge is 0.252 e. The molecule has 11 heteroatoms. The fourth-order valence-electron chi connectivity index (χ4n) is 4.48. The van der Waals surface area contributed by atoms with Gasteiger partial charge in [-0.25, -0.2) is 9.37 Å². The molecule has 0 spiro atoms. The van der Waals surface area contributed by atoms with Crippen molar-refractivity contribution in [1.29, 1.82) is 0 Å². The fourth-order valence-corrected chi connectivity index (χ4v) is 4.48. The summed E-state index contributed by atoms with van der Waals surface area (Å²) in [6, 6.07) is 10.7. The van der Waals surface area contributed by atoms with Gasteiger partial charge in [0.2, 0.25) is 0 Å². The summed E-state index contributed by atoms with van der Waals surface area (Å²) in [4.78, 5) is 45.9. The Labute approximate surface area is 216 Å². The van der Waals surface area contributed by atoms with Gasteiger partial charge in [0.05, 0.1) is 24.8 Å². The second-order valence-electron chi connectivity index (χ2n) is 8.80. The van der Waals surface area contributed by atoms with E-state index in [-0.39, 0.29) is 34.9 Å². The first kappa shape index (κ1) is 24.9. The van der Waals surface area contributed by atoms with Crippen LogP contribution < -0.4 is 20.7 Å². The van der Waals surface area contributed by atoms with Gasteiger partial charge in [0.25, 0.3) is 11.8 Å². The largest absolute Gasteiger partial charge is 0.507 e. The Morgan fingerprint density at radius 1 is 0.974 bits per heavy atom. The summed E-state index contributed by atoms with van der Waals surface area (Å²) in [5, 5.41) is 19.8. The molecule has 1 unspecified atom stereocenters. The zero-order valence-corrected chi connectivity index (χ0v) is 20.2. The van der Waals surface area contributed by atoms with Crippen LogP contribution in [0.15, 0.2) is 60.9 Å². The number of H-pyrrole nitrogens is 1. The lowest BCUT2D eigenvalue weighted by Crippen LogP contribution is -2.51. The normalized spacial score (nSPS) is 16.8. The number of hydrogen-bond acceptors (Lipinski definition) is 7. The lowest BCUT2D eigenvalue weighted by atomic mass is 10.00. The average molecular weight is 518 g/mol. The molecule has 5 rings (SSSR count). The molecule has 0 saturated carbocycles. The Morgan fingerprint density at radius 3 is 2.37 bits per heavy atom. The van der Waals surface area contributed by atoms with Gasteiger partial charge in [-0.05, 0) is 36.4 Å². The maximum Gasteiger partial charge on any atom is 0.252 e. The van der Waals surface area contributed by atoms with Crippen molar-refractivity contribution < 1.29 is 28.6 Å². The second kappa shape index (κ2) is 10.3. The van der Waals surface area contributed by atoms with Crippen LogP contribution in [0.2, 0.25) is 0 Å². The number of carbonyl (C=O) groups is 3. The van der Waals surface area contributed by atoms with Gasteiger partial charge in [-0.1, -0.05) is 12.1 Å². The third-order valence-corrected chi connectivity index (χ3v) is 6.49. The molecule has 2 atom stereocenters. The summed E-state index contributed by atoms with van der Waals surface area (Å²) in [5.74, 6) is -3.08. The minimum Gasteiger partial charge on any atom is -0.507 e. The van der Waals surface area contributed by atoms with Crippen molar-refractivity contribution in [3.63, 3.8) is 0 Å². The molecule has 194 valence electrons. The van der Waals surface area contributed by atoms with Crippen LogP contribution >= 0.6 is 0 Å². The minimum atomic E-state index is -0.967. The third-order valence-electron chi connectivity index (χ3n) is 6.49. The summed E-state index contributed by atoms with van der Waals surface area (Å²) in [7, 11) is 1.26. The van der Waals surface area contributed by atoms with Crippen LogP contribution in [-0.4, -0.2) is 65.0 Å². The molecule has 0 radical (unpaired) electrons. The van der Waals surface area contributed by atoms with Gasteiger partial charge in [-0.2, -0.15) is 0 Å². The van der Waals surface area contributed by atoms with Crippen molar-refractivity contribution in [2.75, 3.05) is 20.2 Å². The summed E-state index contributed by atoms with van der Waals surface area (Å²) < 4.78 is 19.5. The number of halogens is 1. The zero-order valence-electron chi connectivity index (χ0n) is 20.2. The number of phenolic OH excluding ortho intramolecular Hbond substituents is 1. The number of aromatic amines is 1. The monoisotopic (exact) mass is 517 g/mol. The van der Waals surface area contributed by atoms with Gasteiger partial charge < -0.3 is 30.8 Å². The van der Waals surface area contributed by atoms with Gasteiger partial charge in [0.15, 0.2) is 17.3 Å². The van der Waals surface area contributed by atoms with Gasteiger partial charge in [0, 0.05) is 42.0 Å². The molecule has 10 nitrogen and oxygen atoms in total. The predicted octanol–water partition coefficient (Wildman–Crippen LogP) is 2.15. The van der Waals surface area contributed by atoms with Crippen molar-refractivity contribution in [2.24, 2.45) is 0 Å². The molecule has 2 aromatic heterocycles. The number of benzene rings is 2. The molecular formula is C27H24FN5O5. The van der Waals surface area contributed by atoms with E-state index in [0.29, 0.717) is 29.7 Å². The summed E-state index contributed by atoms with van der Waals surface area (Å²) in [6.45, 7) is 0.929. The maximum atomic E-state index is 14.6. The van der Waals surface area contributed by atoms with E-state index in [4.69, 9.17) is 4.74 Å². The predicted molar refractivity (Wildman–Crippen MR) is 136 cm³/mol. The topological polar surface area (TPSA) is 145 Å². The van der Waals surface area contributed by atoms with Crippen molar-refractivity contribution in [2.45, 2.75) is 12.1 Å². The molecule has 1 aliphatic heterocycles. The Hall–Kier alpha value is -4.77. The highest BCUT2D eigenvalue weighted by Crippen LogP contribution is 2.30. The van der Waals surface area contributed by atoms with E-state index in [1.165, 1.54) is 43.5 Å². The number of amides is 2. The van der Waals surface area contributed by atoms with Crippen LogP contribution in [0.4, 0.5) is 4.39 Å². The van der Waals surface area contributed by atoms with Crippen molar-refractivity contribution in [3.8, 4) is 11.5 Å². The Balaban J connectivity index is 1.26. The van der Waals surface area contributed by atoms with Gasteiger partial charge in [0.1, 0.15) is 17.0 Å². The molecule has 38 heavy (non-hydrogen) atoms. The van der Waals surface area contributed by atoms with Crippen LogP contribution in [0.25, 0.3) is 11.0 Å². The number of aromatic nitrogens is 2. The van der Waals surface area contributed by atoms with E-state index in [0.717, 1.165) is 0 Å². The summed E-state index contributed by atoms with van der Waals surface area (Å²) in [6.07, 6.45) is 3.27. The number of ether oxygens (including phenoxy) is 1. The highest BCUT2D eigenvalue weighted by atomic mass is 19.1. The molecule has 4 aromatic rings. The summed E-state index contributed by atoms with van der Waals surface area (Å²) in [5.41, 5.74) is 0.940. The molecule has 1 aliphatic rings. The first-order valence-corrected chi connectivity index (χ1v) is 11.8. The number of pyridine rings is 1. The van der Waals surface area contributed by atoms with Crippen LogP contribution in [0.1, 0.15) is 36.6 Å². The minimum absolute atomic E-state index is 0.0881. The van der Waals surface area contributed by atoms with Gasteiger partial charge in [-0.3, -0.25) is 14.4 Å². The SMILES string of the molecule is COc1ccc(O)c(C(=O)c2ccc(C(=O)NC3CNC[C@H]3NC(=O)c3ccnc4[nH]ccc34)cc2)c1F. The number of aromatic hydroxyl groups is 1.